The zero-order valence-corrected chi connectivity index (χ0v) is 12.3. The molecule has 3 nitrogen and oxygen atoms in total. The molecule has 1 saturated heterocycles. The zero-order chi connectivity index (χ0) is 13.8. The third-order valence-electron chi connectivity index (χ3n) is 4.08. The van der Waals surface area contributed by atoms with Crippen molar-refractivity contribution in [1.29, 1.82) is 0 Å². The van der Waals surface area contributed by atoms with Crippen molar-refractivity contribution in [3.05, 3.63) is 28.8 Å². The van der Waals surface area contributed by atoms with Crippen molar-refractivity contribution in [2.24, 2.45) is 0 Å². The van der Waals surface area contributed by atoms with E-state index < -0.39 is 6.10 Å². The van der Waals surface area contributed by atoms with Crippen molar-refractivity contribution in [3.8, 4) is 5.75 Å². The van der Waals surface area contributed by atoms with Crippen LogP contribution in [0, 0.1) is 13.8 Å². The molecule has 1 unspecified atom stereocenters. The first-order valence-electron chi connectivity index (χ1n) is 7.17. The summed E-state index contributed by atoms with van der Waals surface area (Å²) in [6.07, 6.45) is 3.35. The van der Waals surface area contributed by atoms with Crippen LogP contribution in [0.5, 0.6) is 5.75 Å². The summed E-state index contributed by atoms with van der Waals surface area (Å²) in [6, 6.07) is 4.08. The number of aryl methyl sites for hydroxylation is 2. The fourth-order valence-electron chi connectivity index (χ4n) is 2.73. The second-order valence-corrected chi connectivity index (χ2v) is 5.56. The number of piperidine rings is 1. The van der Waals surface area contributed by atoms with Crippen molar-refractivity contribution in [2.45, 2.75) is 39.2 Å². The summed E-state index contributed by atoms with van der Waals surface area (Å²) < 4.78 is 5.41. The number of hydrogen-bond acceptors (Lipinski definition) is 3. The molecule has 1 fully saturated rings. The minimum Gasteiger partial charge on any atom is -0.496 e. The lowest BCUT2D eigenvalue weighted by Crippen LogP contribution is -2.33. The number of methoxy groups -OCH3 is 1. The van der Waals surface area contributed by atoms with Gasteiger partial charge in [-0.1, -0.05) is 6.42 Å². The molecule has 3 heteroatoms. The number of benzene rings is 1. The van der Waals surface area contributed by atoms with Gasteiger partial charge in [-0.2, -0.15) is 0 Å². The molecule has 2 rings (SSSR count). The molecule has 1 aromatic carbocycles. The van der Waals surface area contributed by atoms with E-state index in [4.69, 9.17) is 4.74 Å². The van der Waals surface area contributed by atoms with Crippen LogP contribution in [-0.2, 0) is 0 Å². The van der Waals surface area contributed by atoms with Crippen LogP contribution in [0.4, 0.5) is 0 Å². The third kappa shape index (κ3) is 3.48. The number of β-amino-alcohol motifs (C(OH)–C–C–N with tert-alkyl or cyclic N) is 1. The van der Waals surface area contributed by atoms with E-state index >= 15 is 0 Å². The number of nitrogens with zero attached hydrogens (tertiary/aromatic N) is 1. The van der Waals surface area contributed by atoms with Gasteiger partial charge in [-0.15, -0.1) is 0 Å². The number of ether oxygens (including phenoxy) is 1. The first kappa shape index (κ1) is 14.4. The second-order valence-electron chi connectivity index (χ2n) is 5.56. The van der Waals surface area contributed by atoms with Crippen molar-refractivity contribution in [1.82, 2.24) is 4.90 Å². The lowest BCUT2D eigenvalue weighted by atomic mass is 10.00. The molecule has 1 heterocycles. The Morgan fingerprint density at radius 3 is 2.42 bits per heavy atom. The second kappa shape index (κ2) is 6.40. The average molecular weight is 263 g/mol. The molecule has 0 radical (unpaired) electrons. The van der Waals surface area contributed by atoms with E-state index in [1.807, 2.05) is 6.07 Å². The van der Waals surface area contributed by atoms with Crippen LogP contribution < -0.4 is 4.74 Å². The predicted molar refractivity (Wildman–Crippen MR) is 77.7 cm³/mol. The van der Waals surface area contributed by atoms with Crippen LogP contribution in [0.3, 0.4) is 0 Å². The Kier molecular flexibility index (Phi) is 4.83. The molecule has 0 aromatic heterocycles. The lowest BCUT2D eigenvalue weighted by molar-refractivity contribution is 0.0993. The Hall–Kier alpha value is -1.06. The summed E-state index contributed by atoms with van der Waals surface area (Å²) in [7, 11) is 1.67. The largest absolute Gasteiger partial charge is 0.496 e. The van der Waals surface area contributed by atoms with E-state index in [2.05, 4.69) is 24.8 Å². The monoisotopic (exact) mass is 263 g/mol. The van der Waals surface area contributed by atoms with Gasteiger partial charge in [0, 0.05) is 12.1 Å². The molecule has 1 atom stereocenters. The topological polar surface area (TPSA) is 32.7 Å². The summed E-state index contributed by atoms with van der Waals surface area (Å²) in [5.41, 5.74) is 3.32. The van der Waals surface area contributed by atoms with Gasteiger partial charge in [0.05, 0.1) is 13.2 Å². The summed E-state index contributed by atoms with van der Waals surface area (Å²) in [5, 5.41) is 10.5. The first-order valence-corrected chi connectivity index (χ1v) is 7.17. The maximum absolute atomic E-state index is 10.5. The van der Waals surface area contributed by atoms with E-state index in [9.17, 15) is 5.11 Å². The zero-order valence-electron chi connectivity index (χ0n) is 12.3. The SMILES string of the molecule is COc1cc(C)c(C)cc1C(O)CN1CCCCC1. The molecule has 0 spiro atoms. The van der Waals surface area contributed by atoms with Crippen LogP contribution in [-0.4, -0.2) is 36.8 Å². The van der Waals surface area contributed by atoms with Crippen molar-refractivity contribution in [2.75, 3.05) is 26.7 Å². The Morgan fingerprint density at radius 1 is 1.16 bits per heavy atom. The predicted octanol–water partition coefficient (Wildman–Crippen LogP) is 2.83. The molecule has 1 aliphatic rings. The van der Waals surface area contributed by atoms with Gasteiger partial charge in [-0.05, 0) is 63.0 Å². The van der Waals surface area contributed by atoms with Gasteiger partial charge in [0.1, 0.15) is 5.75 Å². The van der Waals surface area contributed by atoms with E-state index in [0.29, 0.717) is 6.54 Å². The highest BCUT2D eigenvalue weighted by Crippen LogP contribution is 2.29. The quantitative estimate of drug-likeness (QED) is 0.906. The van der Waals surface area contributed by atoms with Gasteiger partial charge in [-0.25, -0.2) is 0 Å². The van der Waals surface area contributed by atoms with Crippen LogP contribution in [0.1, 0.15) is 42.1 Å². The third-order valence-corrected chi connectivity index (χ3v) is 4.08. The average Bonchev–Trinajstić information content (AvgIpc) is 2.42. The van der Waals surface area contributed by atoms with Crippen molar-refractivity contribution < 1.29 is 9.84 Å². The number of likely N-dealkylation sites (tertiary alicyclic amines) is 1. The van der Waals surface area contributed by atoms with Gasteiger partial charge < -0.3 is 14.7 Å². The Labute approximate surface area is 116 Å². The first-order chi connectivity index (χ1) is 9.11. The highest BCUT2D eigenvalue weighted by atomic mass is 16.5. The molecule has 0 amide bonds. The maximum atomic E-state index is 10.5. The number of aliphatic hydroxyl groups excluding tert-OH is 1. The van der Waals surface area contributed by atoms with Gasteiger partial charge in [-0.3, -0.25) is 0 Å². The molecule has 0 saturated carbocycles. The molecule has 1 aliphatic heterocycles. The van der Waals surface area contributed by atoms with Crippen molar-refractivity contribution in [3.63, 3.8) is 0 Å². The van der Waals surface area contributed by atoms with Gasteiger partial charge >= 0.3 is 0 Å². The number of aliphatic hydroxyl groups is 1. The van der Waals surface area contributed by atoms with Crippen LogP contribution in [0.25, 0.3) is 0 Å². The minimum atomic E-state index is -0.465. The molecule has 0 aliphatic carbocycles. The number of rotatable bonds is 4. The Bertz CT molecular complexity index is 425. The van der Waals surface area contributed by atoms with Gasteiger partial charge in [0.15, 0.2) is 0 Å². The molecule has 106 valence electrons. The highest BCUT2D eigenvalue weighted by Gasteiger charge is 2.19. The fourth-order valence-corrected chi connectivity index (χ4v) is 2.73. The highest BCUT2D eigenvalue weighted by molar-refractivity contribution is 5.43. The Morgan fingerprint density at radius 2 is 1.79 bits per heavy atom. The van der Waals surface area contributed by atoms with Crippen molar-refractivity contribution >= 4 is 0 Å². The standard InChI is InChI=1S/C16H25NO2/c1-12-9-14(16(19-3)10-13(12)2)15(18)11-17-7-5-4-6-8-17/h9-10,15,18H,4-8,11H2,1-3H3. The van der Waals surface area contributed by atoms with Gasteiger partial charge in [0.2, 0.25) is 0 Å². The van der Waals surface area contributed by atoms with E-state index in [-0.39, 0.29) is 0 Å². The van der Waals surface area contributed by atoms with Crippen LogP contribution >= 0.6 is 0 Å². The molecular weight excluding hydrogens is 238 g/mol. The lowest BCUT2D eigenvalue weighted by Gasteiger charge is -2.29. The summed E-state index contributed by atoms with van der Waals surface area (Å²) in [4.78, 5) is 2.35. The Balaban J connectivity index is 2.13. The molecule has 0 bridgehead atoms. The summed E-state index contributed by atoms with van der Waals surface area (Å²) in [6.45, 7) is 7.05. The molecule has 1 N–H and O–H groups in total. The minimum absolute atomic E-state index is 0.465. The fraction of sp³-hybridized carbons (Fsp3) is 0.625. The summed E-state index contributed by atoms with van der Waals surface area (Å²) in [5.74, 6) is 0.799. The number of hydrogen-bond donors (Lipinski definition) is 1. The molecule has 1 aromatic rings. The molecule has 19 heavy (non-hydrogen) atoms. The van der Waals surface area contributed by atoms with E-state index in [1.54, 1.807) is 7.11 Å². The molecular formula is C16H25NO2. The van der Waals surface area contributed by atoms with E-state index in [1.165, 1.54) is 30.4 Å². The van der Waals surface area contributed by atoms with Gasteiger partial charge in [0.25, 0.3) is 0 Å². The van der Waals surface area contributed by atoms with E-state index in [0.717, 1.165) is 24.4 Å². The normalized spacial score (nSPS) is 18.3. The van der Waals surface area contributed by atoms with Crippen LogP contribution in [0.2, 0.25) is 0 Å². The smallest absolute Gasteiger partial charge is 0.124 e. The van der Waals surface area contributed by atoms with Crippen LogP contribution in [0.15, 0.2) is 12.1 Å². The summed E-state index contributed by atoms with van der Waals surface area (Å²) >= 11 is 0. The maximum Gasteiger partial charge on any atom is 0.124 e.